The van der Waals surface area contributed by atoms with Crippen molar-refractivity contribution in [1.82, 2.24) is 10.2 Å². The SMILES string of the molecule is Cc1oc2ccccc2c1CNCCN(C)C1CCCC1. The summed E-state index contributed by atoms with van der Waals surface area (Å²) >= 11 is 0. The van der Waals surface area contributed by atoms with Crippen LogP contribution in [0, 0.1) is 6.92 Å². The van der Waals surface area contributed by atoms with E-state index in [2.05, 4.69) is 36.3 Å². The van der Waals surface area contributed by atoms with Crippen LogP contribution in [0.3, 0.4) is 0 Å². The molecular weight excluding hydrogens is 260 g/mol. The van der Waals surface area contributed by atoms with Crippen molar-refractivity contribution in [3.8, 4) is 0 Å². The standard InChI is InChI=1S/C18H26N2O/c1-14-17(16-9-5-6-10-18(16)21-14)13-19-11-12-20(2)15-7-3-4-8-15/h5-6,9-10,15,19H,3-4,7-8,11-13H2,1-2H3. The average molecular weight is 286 g/mol. The van der Waals surface area contributed by atoms with Crippen LogP contribution >= 0.6 is 0 Å². The third-order valence-corrected chi connectivity index (χ3v) is 4.79. The molecule has 1 fully saturated rings. The molecule has 2 aromatic rings. The van der Waals surface area contributed by atoms with Gasteiger partial charge in [-0.1, -0.05) is 31.0 Å². The van der Waals surface area contributed by atoms with Crippen LogP contribution in [-0.2, 0) is 6.54 Å². The molecule has 1 saturated carbocycles. The van der Waals surface area contributed by atoms with Crippen molar-refractivity contribution in [2.45, 2.75) is 45.2 Å². The Kier molecular flexibility index (Phi) is 4.61. The minimum absolute atomic E-state index is 0.809. The molecule has 0 radical (unpaired) electrons. The number of rotatable bonds is 6. The highest BCUT2D eigenvalue weighted by Crippen LogP contribution is 2.25. The summed E-state index contributed by atoms with van der Waals surface area (Å²) in [6, 6.07) is 9.10. The number of fused-ring (bicyclic) bond motifs is 1. The number of furan rings is 1. The van der Waals surface area contributed by atoms with Crippen molar-refractivity contribution in [2.24, 2.45) is 0 Å². The number of nitrogens with one attached hydrogen (secondary N) is 1. The van der Waals surface area contributed by atoms with Crippen LogP contribution in [0.1, 0.15) is 37.0 Å². The Bertz CT molecular complexity index is 584. The molecule has 0 atom stereocenters. The Balaban J connectivity index is 1.51. The van der Waals surface area contributed by atoms with Gasteiger partial charge in [0.2, 0.25) is 0 Å². The summed E-state index contributed by atoms with van der Waals surface area (Å²) < 4.78 is 5.81. The summed E-state index contributed by atoms with van der Waals surface area (Å²) in [5, 5.41) is 4.82. The number of hydrogen-bond donors (Lipinski definition) is 1. The molecule has 0 spiro atoms. The average Bonchev–Trinajstić information content (AvgIpc) is 3.11. The van der Waals surface area contributed by atoms with Crippen molar-refractivity contribution >= 4 is 11.0 Å². The molecule has 0 saturated heterocycles. The first kappa shape index (κ1) is 14.6. The Morgan fingerprint density at radius 3 is 2.81 bits per heavy atom. The van der Waals surface area contributed by atoms with Gasteiger partial charge in [-0.25, -0.2) is 0 Å². The van der Waals surface area contributed by atoms with Gasteiger partial charge in [0.05, 0.1) is 0 Å². The molecular formula is C18H26N2O. The number of para-hydroxylation sites is 1. The van der Waals surface area contributed by atoms with E-state index < -0.39 is 0 Å². The van der Waals surface area contributed by atoms with Gasteiger partial charge in [-0.2, -0.15) is 0 Å². The van der Waals surface area contributed by atoms with Crippen LogP contribution in [0.2, 0.25) is 0 Å². The Morgan fingerprint density at radius 2 is 2.00 bits per heavy atom. The molecule has 0 aliphatic heterocycles. The van der Waals surface area contributed by atoms with Crippen LogP contribution in [0.4, 0.5) is 0 Å². The van der Waals surface area contributed by atoms with Crippen molar-refractivity contribution in [3.63, 3.8) is 0 Å². The second-order valence-electron chi connectivity index (χ2n) is 6.23. The summed E-state index contributed by atoms with van der Waals surface area (Å²) in [5.74, 6) is 1.04. The molecule has 114 valence electrons. The predicted molar refractivity (Wildman–Crippen MR) is 87.5 cm³/mol. The number of likely N-dealkylation sites (N-methyl/N-ethyl adjacent to an activating group) is 1. The van der Waals surface area contributed by atoms with Gasteiger partial charge in [0.15, 0.2) is 0 Å². The lowest BCUT2D eigenvalue weighted by molar-refractivity contribution is 0.245. The first-order valence-corrected chi connectivity index (χ1v) is 8.13. The fourth-order valence-corrected chi connectivity index (χ4v) is 3.44. The largest absolute Gasteiger partial charge is 0.461 e. The number of nitrogens with zero attached hydrogens (tertiary/aromatic N) is 1. The lowest BCUT2D eigenvalue weighted by Gasteiger charge is -2.23. The third kappa shape index (κ3) is 3.30. The molecule has 3 nitrogen and oxygen atoms in total. The van der Waals surface area contributed by atoms with Gasteiger partial charge in [0, 0.05) is 36.6 Å². The lowest BCUT2D eigenvalue weighted by Crippen LogP contribution is -2.35. The maximum atomic E-state index is 5.81. The Labute approximate surface area is 127 Å². The van der Waals surface area contributed by atoms with E-state index >= 15 is 0 Å². The zero-order valence-corrected chi connectivity index (χ0v) is 13.2. The maximum Gasteiger partial charge on any atom is 0.134 e. The van der Waals surface area contributed by atoms with Gasteiger partial charge in [-0.05, 0) is 32.9 Å². The van der Waals surface area contributed by atoms with E-state index in [1.165, 1.54) is 36.6 Å². The highest BCUT2D eigenvalue weighted by Gasteiger charge is 2.18. The molecule has 1 aliphatic rings. The van der Waals surface area contributed by atoms with Gasteiger partial charge in [-0.15, -0.1) is 0 Å². The first-order chi connectivity index (χ1) is 10.3. The molecule has 1 N–H and O–H groups in total. The fourth-order valence-electron chi connectivity index (χ4n) is 3.44. The van der Waals surface area contributed by atoms with Crippen molar-refractivity contribution in [2.75, 3.05) is 20.1 Å². The lowest BCUT2D eigenvalue weighted by atomic mass is 10.1. The van der Waals surface area contributed by atoms with E-state index in [0.717, 1.165) is 37.0 Å². The molecule has 3 heteroatoms. The number of aryl methyl sites for hydroxylation is 1. The van der Waals surface area contributed by atoms with Gasteiger partial charge in [0.1, 0.15) is 11.3 Å². The fraction of sp³-hybridized carbons (Fsp3) is 0.556. The van der Waals surface area contributed by atoms with Crippen LogP contribution in [0.15, 0.2) is 28.7 Å². The number of benzene rings is 1. The van der Waals surface area contributed by atoms with E-state index in [1.54, 1.807) is 0 Å². The minimum Gasteiger partial charge on any atom is -0.461 e. The summed E-state index contributed by atoms with van der Waals surface area (Å²) in [4.78, 5) is 2.51. The molecule has 1 aromatic carbocycles. The zero-order valence-electron chi connectivity index (χ0n) is 13.2. The summed E-state index contributed by atoms with van der Waals surface area (Å²) in [6.45, 7) is 5.11. The monoisotopic (exact) mass is 286 g/mol. The van der Waals surface area contributed by atoms with Gasteiger partial charge >= 0.3 is 0 Å². The number of hydrogen-bond acceptors (Lipinski definition) is 3. The molecule has 1 heterocycles. The van der Waals surface area contributed by atoms with Gasteiger partial charge in [0.25, 0.3) is 0 Å². The van der Waals surface area contributed by atoms with Crippen molar-refractivity contribution < 1.29 is 4.42 Å². The minimum atomic E-state index is 0.809. The van der Waals surface area contributed by atoms with Crippen LogP contribution in [0.5, 0.6) is 0 Å². The summed E-state index contributed by atoms with van der Waals surface area (Å²) in [6.07, 6.45) is 5.56. The molecule has 0 bridgehead atoms. The van der Waals surface area contributed by atoms with Gasteiger partial charge < -0.3 is 14.6 Å². The second kappa shape index (κ2) is 6.63. The van der Waals surface area contributed by atoms with E-state index in [1.807, 2.05) is 12.1 Å². The van der Waals surface area contributed by atoms with Crippen molar-refractivity contribution in [1.29, 1.82) is 0 Å². The quantitative estimate of drug-likeness (QED) is 0.821. The second-order valence-corrected chi connectivity index (χ2v) is 6.23. The first-order valence-electron chi connectivity index (χ1n) is 8.13. The molecule has 1 aliphatic carbocycles. The van der Waals surface area contributed by atoms with E-state index in [0.29, 0.717) is 0 Å². The summed E-state index contributed by atoms with van der Waals surface area (Å²) in [7, 11) is 2.26. The Morgan fingerprint density at radius 1 is 1.24 bits per heavy atom. The summed E-state index contributed by atoms with van der Waals surface area (Å²) in [5.41, 5.74) is 2.30. The van der Waals surface area contributed by atoms with E-state index in [4.69, 9.17) is 4.42 Å². The van der Waals surface area contributed by atoms with Gasteiger partial charge in [-0.3, -0.25) is 0 Å². The van der Waals surface area contributed by atoms with Crippen LogP contribution in [0.25, 0.3) is 11.0 Å². The molecule has 0 unspecified atom stereocenters. The van der Waals surface area contributed by atoms with Crippen molar-refractivity contribution in [3.05, 3.63) is 35.6 Å². The van der Waals surface area contributed by atoms with Crippen LogP contribution in [-0.4, -0.2) is 31.1 Å². The zero-order chi connectivity index (χ0) is 14.7. The highest BCUT2D eigenvalue weighted by atomic mass is 16.3. The van der Waals surface area contributed by atoms with Crippen LogP contribution < -0.4 is 5.32 Å². The normalized spacial score (nSPS) is 16.3. The highest BCUT2D eigenvalue weighted by molar-refractivity contribution is 5.82. The topological polar surface area (TPSA) is 28.4 Å². The molecule has 3 rings (SSSR count). The smallest absolute Gasteiger partial charge is 0.134 e. The maximum absolute atomic E-state index is 5.81. The van der Waals surface area contributed by atoms with E-state index in [9.17, 15) is 0 Å². The molecule has 0 amide bonds. The third-order valence-electron chi connectivity index (χ3n) is 4.79. The van der Waals surface area contributed by atoms with E-state index in [-0.39, 0.29) is 0 Å². The predicted octanol–water partition coefficient (Wildman–Crippen LogP) is 3.71. The molecule has 1 aromatic heterocycles. The Hall–Kier alpha value is -1.32. The molecule has 21 heavy (non-hydrogen) atoms.